The zero-order valence-electron chi connectivity index (χ0n) is 10.7. The molecule has 0 aromatic carbocycles. The van der Waals surface area contributed by atoms with Gasteiger partial charge in [0.25, 0.3) is 5.91 Å². The van der Waals surface area contributed by atoms with Crippen LogP contribution in [0.5, 0.6) is 0 Å². The number of hydrogen-bond acceptors (Lipinski definition) is 1. The van der Waals surface area contributed by atoms with Crippen molar-refractivity contribution in [2.75, 3.05) is 6.54 Å². The summed E-state index contributed by atoms with van der Waals surface area (Å²) in [6.45, 7) is 3.06. The number of nitrogens with zero attached hydrogens (tertiary/aromatic N) is 1. The molecule has 3 rings (SSSR count). The minimum Gasteiger partial charge on any atom is -0.350 e. The van der Waals surface area contributed by atoms with Crippen LogP contribution < -0.4 is 5.32 Å². The number of carbonyl (C=O) groups is 1. The summed E-state index contributed by atoms with van der Waals surface area (Å²) in [5.74, 6) is 0.0701. The maximum Gasteiger partial charge on any atom is 0.267 e. The fourth-order valence-electron chi connectivity index (χ4n) is 2.62. The molecule has 0 radical (unpaired) electrons. The number of hydrogen-bond donors (Lipinski definition) is 1. The van der Waals surface area contributed by atoms with Crippen LogP contribution in [0.25, 0.3) is 0 Å². The van der Waals surface area contributed by atoms with E-state index >= 15 is 0 Å². The van der Waals surface area contributed by atoms with Crippen LogP contribution in [0, 0.1) is 5.41 Å². The van der Waals surface area contributed by atoms with E-state index in [1.807, 2.05) is 12.3 Å². The molecular formula is C14H19BrN2O. The molecule has 2 fully saturated rings. The Morgan fingerprint density at radius 2 is 2.28 bits per heavy atom. The van der Waals surface area contributed by atoms with E-state index in [-0.39, 0.29) is 5.91 Å². The van der Waals surface area contributed by atoms with Crippen LogP contribution in [0.15, 0.2) is 16.7 Å². The number of nitrogens with one attached hydrogen (secondary N) is 1. The molecule has 1 amide bonds. The lowest BCUT2D eigenvalue weighted by molar-refractivity contribution is 0.0881. The normalized spacial score (nSPS) is 21.4. The molecule has 3 nitrogen and oxygen atoms in total. The summed E-state index contributed by atoms with van der Waals surface area (Å²) in [6.07, 6.45) is 8.19. The van der Waals surface area contributed by atoms with Gasteiger partial charge in [-0.05, 0) is 53.1 Å². The average molecular weight is 311 g/mol. The zero-order valence-corrected chi connectivity index (χ0v) is 12.3. The predicted octanol–water partition coefficient (Wildman–Crippen LogP) is 3.51. The molecule has 1 aromatic rings. The van der Waals surface area contributed by atoms with E-state index < -0.39 is 0 Å². The van der Waals surface area contributed by atoms with Gasteiger partial charge in [0.2, 0.25) is 0 Å². The zero-order chi connectivity index (χ0) is 12.8. The molecule has 1 heterocycles. The number of rotatable bonds is 4. The Bertz CT molecular complexity index is 472. The monoisotopic (exact) mass is 310 g/mol. The first-order valence-corrected chi connectivity index (χ1v) is 7.52. The minimum atomic E-state index is 0.0701. The van der Waals surface area contributed by atoms with Crippen LogP contribution >= 0.6 is 15.9 Å². The molecule has 2 aliphatic carbocycles. The molecule has 0 spiro atoms. The molecule has 0 bridgehead atoms. The summed E-state index contributed by atoms with van der Waals surface area (Å²) in [5.41, 5.74) is 1.14. The van der Waals surface area contributed by atoms with E-state index in [0.717, 1.165) is 16.7 Å². The summed E-state index contributed by atoms with van der Waals surface area (Å²) >= 11 is 3.46. The molecule has 98 valence electrons. The maximum atomic E-state index is 12.2. The summed E-state index contributed by atoms with van der Waals surface area (Å²) in [4.78, 5) is 12.2. The van der Waals surface area contributed by atoms with Gasteiger partial charge in [-0.2, -0.15) is 0 Å². The summed E-state index contributed by atoms with van der Waals surface area (Å²) < 4.78 is 3.11. The lowest BCUT2D eigenvalue weighted by Crippen LogP contribution is -2.40. The molecule has 4 heteroatoms. The number of aromatic nitrogens is 1. The van der Waals surface area contributed by atoms with Gasteiger partial charge in [0.05, 0.1) is 0 Å². The van der Waals surface area contributed by atoms with Gasteiger partial charge in [-0.3, -0.25) is 4.79 Å². The van der Waals surface area contributed by atoms with E-state index in [9.17, 15) is 4.79 Å². The minimum absolute atomic E-state index is 0.0701. The topological polar surface area (TPSA) is 34.0 Å². The third kappa shape index (κ3) is 2.35. The Morgan fingerprint density at radius 3 is 2.83 bits per heavy atom. The molecule has 0 saturated heterocycles. The standard InChI is InChI=1S/C14H19BrN2O/c1-14(5-2-6-14)9-16-13(18)12-7-10(15)8-17(12)11-3-4-11/h7-8,11H,2-6,9H2,1H3,(H,16,18). The van der Waals surface area contributed by atoms with Gasteiger partial charge in [0, 0.05) is 23.3 Å². The van der Waals surface area contributed by atoms with Gasteiger partial charge >= 0.3 is 0 Å². The first-order chi connectivity index (χ1) is 8.57. The summed E-state index contributed by atoms with van der Waals surface area (Å²) in [7, 11) is 0. The molecule has 0 aliphatic heterocycles. The van der Waals surface area contributed by atoms with E-state index in [1.165, 1.54) is 32.1 Å². The molecule has 2 aliphatic rings. The van der Waals surface area contributed by atoms with E-state index in [4.69, 9.17) is 0 Å². The quantitative estimate of drug-likeness (QED) is 0.907. The van der Waals surface area contributed by atoms with Gasteiger partial charge < -0.3 is 9.88 Å². The molecule has 0 atom stereocenters. The fourth-order valence-corrected chi connectivity index (χ4v) is 3.06. The van der Waals surface area contributed by atoms with Crippen molar-refractivity contribution in [2.24, 2.45) is 5.41 Å². The van der Waals surface area contributed by atoms with Gasteiger partial charge in [-0.15, -0.1) is 0 Å². The number of amides is 1. The third-order valence-corrected chi connectivity index (χ3v) is 4.66. The van der Waals surface area contributed by atoms with Crippen molar-refractivity contribution in [2.45, 2.75) is 45.1 Å². The summed E-state index contributed by atoms with van der Waals surface area (Å²) in [5, 5.41) is 3.10. The highest BCUT2D eigenvalue weighted by Crippen LogP contribution is 2.40. The molecular weight excluding hydrogens is 292 g/mol. The van der Waals surface area contributed by atoms with Crippen molar-refractivity contribution >= 4 is 21.8 Å². The molecule has 18 heavy (non-hydrogen) atoms. The maximum absolute atomic E-state index is 12.2. The van der Waals surface area contributed by atoms with Crippen molar-refractivity contribution in [3.63, 3.8) is 0 Å². The van der Waals surface area contributed by atoms with Crippen LogP contribution in [-0.4, -0.2) is 17.0 Å². The van der Waals surface area contributed by atoms with Crippen LogP contribution in [0.4, 0.5) is 0 Å². The highest BCUT2D eigenvalue weighted by molar-refractivity contribution is 9.10. The second-order valence-corrected chi connectivity index (χ2v) is 6.94. The van der Waals surface area contributed by atoms with Crippen LogP contribution in [0.2, 0.25) is 0 Å². The Kier molecular flexibility index (Phi) is 3.00. The van der Waals surface area contributed by atoms with E-state index in [0.29, 0.717) is 11.5 Å². The van der Waals surface area contributed by atoms with Gasteiger partial charge in [-0.1, -0.05) is 13.3 Å². The Labute approximate surface area is 116 Å². The second kappa shape index (κ2) is 4.41. The highest BCUT2D eigenvalue weighted by Gasteiger charge is 2.33. The van der Waals surface area contributed by atoms with Crippen molar-refractivity contribution in [3.8, 4) is 0 Å². The van der Waals surface area contributed by atoms with E-state index in [2.05, 4.69) is 32.7 Å². The van der Waals surface area contributed by atoms with Crippen LogP contribution in [0.1, 0.15) is 55.6 Å². The number of halogens is 1. The van der Waals surface area contributed by atoms with Crippen LogP contribution in [-0.2, 0) is 0 Å². The lowest BCUT2D eigenvalue weighted by Gasteiger charge is -2.38. The Hall–Kier alpha value is -0.770. The van der Waals surface area contributed by atoms with Crippen molar-refractivity contribution in [3.05, 3.63) is 22.4 Å². The third-order valence-electron chi connectivity index (χ3n) is 4.22. The van der Waals surface area contributed by atoms with Crippen LogP contribution in [0.3, 0.4) is 0 Å². The van der Waals surface area contributed by atoms with Gasteiger partial charge in [0.15, 0.2) is 0 Å². The van der Waals surface area contributed by atoms with Gasteiger partial charge in [0.1, 0.15) is 5.69 Å². The second-order valence-electron chi connectivity index (χ2n) is 6.03. The SMILES string of the molecule is CC1(CNC(=O)c2cc(Br)cn2C2CC2)CCC1. The number of carbonyl (C=O) groups excluding carboxylic acids is 1. The predicted molar refractivity (Wildman–Crippen MR) is 74.7 cm³/mol. The highest BCUT2D eigenvalue weighted by atomic mass is 79.9. The first-order valence-electron chi connectivity index (χ1n) is 6.73. The first kappa shape index (κ1) is 12.3. The van der Waals surface area contributed by atoms with Crippen molar-refractivity contribution in [1.29, 1.82) is 0 Å². The summed E-state index contributed by atoms with van der Waals surface area (Å²) in [6, 6.07) is 2.47. The largest absolute Gasteiger partial charge is 0.350 e. The Balaban J connectivity index is 1.67. The van der Waals surface area contributed by atoms with E-state index in [1.54, 1.807) is 0 Å². The molecule has 0 unspecified atom stereocenters. The van der Waals surface area contributed by atoms with Crippen molar-refractivity contribution in [1.82, 2.24) is 9.88 Å². The fraction of sp³-hybridized carbons (Fsp3) is 0.643. The Morgan fingerprint density at radius 1 is 1.56 bits per heavy atom. The molecule has 1 N–H and O–H groups in total. The smallest absolute Gasteiger partial charge is 0.267 e. The molecule has 1 aromatic heterocycles. The van der Waals surface area contributed by atoms with Crippen molar-refractivity contribution < 1.29 is 4.79 Å². The molecule has 2 saturated carbocycles. The lowest BCUT2D eigenvalue weighted by atomic mass is 9.70. The average Bonchev–Trinajstić information content (AvgIpc) is 3.07. The van der Waals surface area contributed by atoms with Gasteiger partial charge in [-0.25, -0.2) is 0 Å².